The number of ether oxygens (including phenoxy) is 3. The molecule has 15 nitrogen and oxygen atoms in total. The summed E-state index contributed by atoms with van der Waals surface area (Å²) in [6.45, 7) is 4.48. The monoisotopic (exact) mass is 599 g/mol. The molecule has 5 rings (SSSR count). The molecule has 0 aliphatic carbocycles. The van der Waals surface area contributed by atoms with Crippen molar-refractivity contribution >= 4 is 46.5 Å². The lowest BCUT2D eigenvalue weighted by molar-refractivity contribution is -0.153. The zero-order chi connectivity index (χ0) is 31.2. The number of anilines is 3. The third-order valence-electron chi connectivity index (χ3n) is 6.90. The fraction of sp³-hybridized carbons (Fsp3) is 0.310. The van der Waals surface area contributed by atoms with Crippen LogP contribution < -0.4 is 15.0 Å². The second-order valence-electron chi connectivity index (χ2n) is 9.86. The fourth-order valence-electron chi connectivity index (χ4n) is 5.10. The summed E-state index contributed by atoms with van der Waals surface area (Å²) < 4.78 is 19.3. The molecule has 0 unspecified atom stereocenters. The van der Waals surface area contributed by atoms with Crippen molar-refractivity contribution in [1.82, 2.24) is 19.5 Å². The molecule has 0 bridgehead atoms. The molecule has 3 heterocycles. The predicted octanol–water partition coefficient (Wildman–Crippen LogP) is 5.29. The first kappa shape index (κ1) is 29.9. The van der Waals surface area contributed by atoms with E-state index in [0.29, 0.717) is 17.8 Å². The van der Waals surface area contributed by atoms with E-state index in [0.717, 1.165) is 0 Å². The Morgan fingerprint density at radius 3 is 2.30 bits per heavy atom. The summed E-state index contributed by atoms with van der Waals surface area (Å²) in [5, 5.41) is 6.22. The third-order valence-corrected chi connectivity index (χ3v) is 6.90. The molecular formula is C29H29N9O6. The number of rotatable bonds is 9. The Bertz CT molecular complexity index is 1670. The molecule has 1 fully saturated rings. The first-order chi connectivity index (χ1) is 21.3. The van der Waals surface area contributed by atoms with Crippen LogP contribution in [-0.2, 0) is 19.1 Å². The van der Waals surface area contributed by atoms with Gasteiger partial charge in [-0.25, -0.2) is 14.7 Å². The highest BCUT2D eigenvalue weighted by Crippen LogP contribution is 2.40. The minimum Gasteiger partial charge on any atom is -0.457 e. The SMILES string of the molecule is CC[C@H]1O[C@@H](n2cnc3c(OC(=O)N(c4ccccc4)c4ccccc4)nc(NC(C)=O)nc32)[C@H](OC(C)=O)[C@@H]1CN=[N+]=[N-]. The van der Waals surface area contributed by atoms with Gasteiger partial charge in [0, 0.05) is 31.2 Å². The van der Waals surface area contributed by atoms with Gasteiger partial charge in [-0.3, -0.25) is 19.5 Å². The van der Waals surface area contributed by atoms with Crippen molar-refractivity contribution in [3.05, 3.63) is 77.4 Å². The number of hydrogen-bond acceptors (Lipinski definition) is 10. The second-order valence-corrected chi connectivity index (χ2v) is 9.86. The largest absolute Gasteiger partial charge is 0.457 e. The number of hydrogen-bond donors (Lipinski definition) is 1. The van der Waals surface area contributed by atoms with E-state index in [1.54, 1.807) is 48.5 Å². The van der Waals surface area contributed by atoms with Gasteiger partial charge in [-0.05, 0) is 36.2 Å². The van der Waals surface area contributed by atoms with Gasteiger partial charge < -0.3 is 14.2 Å². The molecule has 2 aromatic heterocycles. The van der Waals surface area contributed by atoms with Crippen molar-refractivity contribution in [3.8, 4) is 5.88 Å². The molecule has 1 aliphatic rings. The molecule has 15 heteroatoms. The lowest BCUT2D eigenvalue weighted by Gasteiger charge is -2.23. The molecule has 2 aromatic carbocycles. The van der Waals surface area contributed by atoms with Crippen LogP contribution in [-0.4, -0.2) is 56.2 Å². The van der Waals surface area contributed by atoms with Gasteiger partial charge >= 0.3 is 12.1 Å². The number of imidazole rings is 1. The number of amides is 2. The van der Waals surface area contributed by atoms with Crippen molar-refractivity contribution in [3.63, 3.8) is 0 Å². The number of carbonyl (C=O) groups is 3. The number of carbonyl (C=O) groups excluding carboxylic acids is 3. The number of aromatic nitrogens is 4. The summed E-state index contributed by atoms with van der Waals surface area (Å²) in [6, 6.07) is 17.8. The quantitative estimate of drug-likeness (QED) is 0.115. The number of nitrogens with one attached hydrogen (secondary N) is 1. The van der Waals surface area contributed by atoms with Crippen LogP contribution in [0.15, 0.2) is 72.1 Å². The van der Waals surface area contributed by atoms with Gasteiger partial charge in [-0.1, -0.05) is 48.4 Å². The van der Waals surface area contributed by atoms with E-state index in [2.05, 4.69) is 30.3 Å². The highest BCUT2D eigenvalue weighted by Gasteiger charge is 2.47. The Kier molecular flexibility index (Phi) is 8.98. The average molecular weight is 600 g/mol. The van der Waals surface area contributed by atoms with Crippen LogP contribution in [0.3, 0.4) is 0 Å². The van der Waals surface area contributed by atoms with Crippen molar-refractivity contribution in [2.45, 2.75) is 45.6 Å². The van der Waals surface area contributed by atoms with Crippen LogP contribution in [0.2, 0.25) is 0 Å². The average Bonchev–Trinajstić information content (AvgIpc) is 3.57. The Morgan fingerprint density at radius 1 is 1.07 bits per heavy atom. The number of fused-ring (bicyclic) bond motifs is 1. The number of esters is 1. The van der Waals surface area contributed by atoms with E-state index in [1.807, 2.05) is 19.1 Å². The van der Waals surface area contributed by atoms with E-state index in [1.165, 1.54) is 29.6 Å². The molecular weight excluding hydrogens is 570 g/mol. The van der Waals surface area contributed by atoms with Crippen LogP contribution in [0.5, 0.6) is 5.88 Å². The van der Waals surface area contributed by atoms with Crippen molar-refractivity contribution < 1.29 is 28.6 Å². The number of benzene rings is 2. The molecule has 0 spiro atoms. The molecule has 44 heavy (non-hydrogen) atoms. The highest BCUT2D eigenvalue weighted by molar-refractivity contribution is 5.98. The number of azide groups is 1. The van der Waals surface area contributed by atoms with Crippen LogP contribution in [0.1, 0.15) is 33.4 Å². The molecule has 0 saturated carbocycles. The summed E-state index contributed by atoms with van der Waals surface area (Å²) >= 11 is 0. The van der Waals surface area contributed by atoms with E-state index in [-0.39, 0.29) is 29.5 Å². The van der Waals surface area contributed by atoms with Crippen LogP contribution >= 0.6 is 0 Å². The Balaban J connectivity index is 1.58. The van der Waals surface area contributed by atoms with E-state index in [9.17, 15) is 14.4 Å². The Labute approximate surface area is 251 Å². The maximum Gasteiger partial charge on any atom is 0.425 e. The van der Waals surface area contributed by atoms with Crippen LogP contribution in [0.4, 0.5) is 22.1 Å². The van der Waals surface area contributed by atoms with E-state index >= 15 is 0 Å². The fourth-order valence-corrected chi connectivity index (χ4v) is 5.10. The summed E-state index contributed by atoms with van der Waals surface area (Å²) in [5.74, 6) is -1.85. The standard InChI is InChI=1S/C29H29N9O6/c1-4-22-21(15-32-36-30)24(42-18(3)40)27(43-22)37-16-31-23-25(37)34-28(33-17(2)39)35-26(23)44-29(41)38(19-11-7-5-8-12-19)20-13-9-6-10-14-20/h5-14,16,21-22,24,27H,4,15H2,1-3H3,(H,33,34,35,39)/t21-,22-,24-,27-/m1/s1. The zero-order valence-electron chi connectivity index (χ0n) is 24.1. The van der Waals surface area contributed by atoms with E-state index in [4.69, 9.17) is 19.7 Å². The summed E-state index contributed by atoms with van der Waals surface area (Å²) in [7, 11) is 0. The summed E-state index contributed by atoms with van der Waals surface area (Å²) in [5.41, 5.74) is 10.2. The molecule has 1 saturated heterocycles. The lowest BCUT2D eigenvalue weighted by atomic mass is 9.96. The Morgan fingerprint density at radius 2 is 1.73 bits per heavy atom. The van der Waals surface area contributed by atoms with Crippen LogP contribution in [0, 0.1) is 5.92 Å². The molecule has 1 N–H and O–H groups in total. The first-order valence-electron chi connectivity index (χ1n) is 13.8. The highest BCUT2D eigenvalue weighted by atomic mass is 16.6. The topological polar surface area (TPSA) is 187 Å². The zero-order valence-corrected chi connectivity index (χ0v) is 24.1. The lowest BCUT2D eigenvalue weighted by Crippen LogP contribution is -2.33. The Hall–Kier alpha value is -5.53. The van der Waals surface area contributed by atoms with Gasteiger partial charge in [-0.2, -0.15) is 9.97 Å². The molecule has 4 aromatic rings. The van der Waals surface area contributed by atoms with Crippen molar-refractivity contribution in [2.24, 2.45) is 11.0 Å². The van der Waals surface area contributed by atoms with Crippen LogP contribution in [0.25, 0.3) is 21.6 Å². The third kappa shape index (κ3) is 6.28. The molecule has 1 aliphatic heterocycles. The van der Waals surface area contributed by atoms with E-state index < -0.39 is 42.3 Å². The van der Waals surface area contributed by atoms with Gasteiger partial charge in [0.25, 0.3) is 5.88 Å². The normalized spacial score (nSPS) is 19.2. The van der Waals surface area contributed by atoms with Gasteiger partial charge in [0.2, 0.25) is 11.9 Å². The van der Waals surface area contributed by atoms with Crippen molar-refractivity contribution in [1.29, 1.82) is 0 Å². The summed E-state index contributed by atoms with van der Waals surface area (Å²) in [6.07, 6.45) is -1.08. The minimum atomic E-state index is -0.929. The molecule has 4 atom stereocenters. The van der Waals surface area contributed by atoms with Gasteiger partial charge in [0.1, 0.15) is 0 Å². The number of nitrogens with zero attached hydrogens (tertiary/aromatic N) is 8. The smallest absolute Gasteiger partial charge is 0.425 e. The van der Waals surface area contributed by atoms with Gasteiger partial charge in [0.05, 0.1) is 23.8 Å². The molecule has 2 amide bonds. The summed E-state index contributed by atoms with van der Waals surface area (Å²) in [4.78, 5) is 55.2. The molecule has 226 valence electrons. The number of para-hydroxylation sites is 2. The minimum absolute atomic E-state index is 0.0277. The maximum absolute atomic E-state index is 13.8. The van der Waals surface area contributed by atoms with Crippen molar-refractivity contribution in [2.75, 3.05) is 16.8 Å². The first-order valence-corrected chi connectivity index (χ1v) is 13.8. The van der Waals surface area contributed by atoms with Gasteiger partial charge in [0.15, 0.2) is 23.5 Å². The second kappa shape index (κ2) is 13.2. The molecule has 0 radical (unpaired) electrons. The van der Waals surface area contributed by atoms with Gasteiger partial charge in [-0.15, -0.1) is 0 Å². The maximum atomic E-state index is 13.8. The predicted molar refractivity (Wildman–Crippen MR) is 158 cm³/mol.